The second kappa shape index (κ2) is 10.5. The number of halogens is 3. The van der Waals surface area contributed by atoms with Crippen LogP contribution in [-0.4, -0.2) is 45.2 Å². The standard InChI is InChI=1S/C24H28F3N3O6S/c1-15(31)28-11-10-18-14-30(37(33,34)19-7-5-6-16(12-19)24(25,26)27)20-13-17(8-9-21(20)35-18)29-22(32)36-23(2,3)4/h5-9,12-13,18H,10-11,14H2,1-4H3,(H,28,31)(H,29,32)/t18-/m0/s1. The van der Waals surface area contributed by atoms with Gasteiger partial charge in [0.1, 0.15) is 17.5 Å². The molecule has 2 amide bonds. The lowest BCUT2D eigenvalue weighted by molar-refractivity contribution is -0.137. The van der Waals surface area contributed by atoms with Crippen LogP contribution in [0.5, 0.6) is 5.75 Å². The first-order valence-electron chi connectivity index (χ1n) is 11.3. The zero-order valence-corrected chi connectivity index (χ0v) is 21.5. The summed E-state index contributed by atoms with van der Waals surface area (Å²) < 4.78 is 79.1. The van der Waals surface area contributed by atoms with Crippen molar-refractivity contribution in [1.82, 2.24) is 5.32 Å². The summed E-state index contributed by atoms with van der Waals surface area (Å²) in [6, 6.07) is 7.72. The summed E-state index contributed by atoms with van der Waals surface area (Å²) in [5.41, 5.74) is -1.66. The Bertz CT molecular complexity index is 1280. The van der Waals surface area contributed by atoms with Crippen LogP contribution in [0.1, 0.15) is 39.7 Å². The highest BCUT2D eigenvalue weighted by Gasteiger charge is 2.37. The zero-order chi connectivity index (χ0) is 27.6. The molecule has 0 unspecified atom stereocenters. The zero-order valence-electron chi connectivity index (χ0n) is 20.7. The van der Waals surface area contributed by atoms with E-state index in [1.165, 1.54) is 25.1 Å². The van der Waals surface area contributed by atoms with Gasteiger partial charge in [0.25, 0.3) is 10.0 Å². The van der Waals surface area contributed by atoms with E-state index < -0.39 is 44.5 Å². The summed E-state index contributed by atoms with van der Waals surface area (Å²) in [6.45, 7) is 6.33. The molecular weight excluding hydrogens is 515 g/mol. The highest BCUT2D eigenvalue weighted by molar-refractivity contribution is 7.92. The lowest BCUT2D eigenvalue weighted by atomic mass is 10.1. The molecule has 0 saturated heterocycles. The van der Waals surface area contributed by atoms with Gasteiger partial charge in [0, 0.05) is 25.6 Å². The Hall–Kier alpha value is -3.48. The molecule has 13 heteroatoms. The minimum absolute atomic E-state index is 0.0294. The summed E-state index contributed by atoms with van der Waals surface area (Å²) in [7, 11) is -4.48. The first-order chi connectivity index (χ1) is 17.1. The van der Waals surface area contributed by atoms with Gasteiger partial charge in [-0.25, -0.2) is 13.2 Å². The highest BCUT2D eigenvalue weighted by Crippen LogP contribution is 2.40. The van der Waals surface area contributed by atoms with Gasteiger partial charge in [-0.05, 0) is 57.2 Å². The Labute approximate surface area is 213 Å². The summed E-state index contributed by atoms with van der Waals surface area (Å²) in [5.74, 6) is -0.133. The van der Waals surface area contributed by atoms with Gasteiger partial charge in [0.05, 0.1) is 22.7 Å². The molecule has 1 heterocycles. The van der Waals surface area contributed by atoms with E-state index >= 15 is 0 Å². The Balaban J connectivity index is 2.00. The first-order valence-corrected chi connectivity index (χ1v) is 12.8. The van der Waals surface area contributed by atoms with Gasteiger partial charge < -0.3 is 14.8 Å². The molecule has 1 aliphatic heterocycles. The third-order valence-electron chi connectivity index (χ3n) is 5.13. The second-order valence-electron chi connectivity index (χ2n) is 9.38. The lowest BCUT2D eigenvalue weighted by Gasteiger charge is -2.36. The van der Waals surface area contributed by atoms with E-state index in [0.717, 1.165) is 22.5 Å². The molecule has 37 heavy (non-hydrogen) atoms. The molecule has 2 aromatic rings. The number of alkyl halides is 3. The Morgan fingerprint density at radius 1 is 1.14 bits per heavy atom. The number of hydrogen-bond donors (Lipinski definition) is 2. The fourth-order valence-corrected chi connectivity index (χ4v) is 5.10. The van der Waals surface area contributed by atoms with E-state index in [2.05, 4.69) is 10.6 Å². The molecule has 2 N–H and O–H groups in total. The van der Waals surface area contributed by atoms with E-state index in [1.54, 1.807) is 20.8 Å². The predicted molar refractivity (Wildman–Crippen MR) is 130 cm³/mol. The number of nitrogens with zero attached hydrogens (tertiary/aromatic N) is 1. The van der Waals surface area contributed by atoms with Gasteiger partial charge in [0.15, 0.2) is 0 Å². The molecule has 3 rings (SSSR count). The number of fused-ring (bicyclic) bond motifs is 1. The van der Waals surface area contributed by atoms with Crippen LogP contribution in [0.2, 0.25) is 0 Å². The maximum Gasteiger partial charge on any atom is 0.416 e. The van der Waals surface area contributed by atoms with Crippen molar-refractivity contribution in [1.29, 1.82) is 0 Å². The van der Waals surface area contributed by atoms with Crippen molar-refractivity contribution >= 4 is 33.4 Å². The van der Waals surface area contributed by atoms with Gasteiger partial charge in [-0.3, -0.25) is 14.4 Å². The molecule has 0 saturated carbocycles. The van der Waals surface area contributed by atoms with E-state index in [9.17, 15) is 31.2 Å². The van der Waals surface area contributed by atoms with E-state index in [4.69, 9.17) is 9.47 Å². The molecule has 1 atom stereocenters. The van der Waals surface area contributed by atoms with Crippen LogP contribution in [0, 0.1) is 0 Å². The molecule has 202 valence electrons. The summed E-state index contributed by atoms with van der Waals surface area (Å²) in [6.07, 6.45) is -5.97. The smallest absolute Gasteiger partial charge is 0.416 e. The lowest BCUT2D eigenvalue weighted by Crippen LogP contribution is -2.44. The number of hydrogen-bond acceptors (Lipinski definition) is 6. The quantitative estimate of drug-likeness (QED) is 0.553. The van der Waals surface area contributed by atoms with Crippen LogP contribution < -0.4 is 19.7 Å². The number of nitrogens with one attached hydrogen (secondary N) is 2. The van der Waals surface area contributed by atoms with Crippen LogP contribution >= 0.6 is 0 Å². The van der Waals surface area contributed by atoms with Crippen molar-refractivity contribution < 1.29 is 40.7 Å². The minimum atomic E-state index is -4.74. The van der Waals surface area contributed by atoms with Crippen LogP contribution in [-0.2, 0) is 25.7 Å². The van der Waals surface area contributed by atoms with Crippen LogP contribution in [0.25, 0.3) is 0 Å². The first kappa shape index (κ1) is 28.1. The van der Waals surface area contributed by atoms with Crippen molar-refractivity contribution in [2.24, 2.45) is 0 Å². The normalized spacial score (nSPS) is 15.9. The van der Waals surface area contributed by atoms with Crippen molar-refractivity contribution in [3.8, 4) is 5.75 Å². The summed E-state index contributed by atoms with van der Waals surface area (Å²) in [5, 5.41) is 5.11. The van der Waals surface area contributed by atoms with Gasteiger partial charge in [-0.15, -0.1) is 0 Å². The molecule has 0 spiro atoms. The van der Waals surface area contributed by atoms with E-state index in [0.29, 0.717) is 6.07 Å². The number of sulfonamides is 1. The topological polar surface area (TPSA) is 114 Å². The monoisotopic (exact) mass is 543 g/mol. The number of rotatable bonds is 6. The number of amides is 2. The SMILES string of the molecule is CC(=O)NCC[C@H]1CN(S(=O)(=O)c2cccc(C(F)(F)F)c2)c2cc(NC(=O)OC(C)(C)C)ccc2O1. The average Bonchev–Trinajstić information content (AvgIpc) is 2.76. The van der Waals surface area contributed by atoms with Crippen molar-refractivity contribution in [3.63, 3.8) is 0 Å². The predicted octanol–water partition coefficient (Wildman–Crippen LogP) is 4.53. The molecule has 0 fully saturated rings. The Kier molecular flexibility index (Phi) is 7.96. The number of carbonyl (C=O) groups is 2. The molecule has 2 aromatic carbocycles. The fraction of sp³-hybridized carbons (Fsp3) is 0.417. The third-order valence-corrected chi connectivity index (χ3v) is 6.90. The molecule has 9 nitrogen and oxygen atoms in total. The van der Waals surface area contributed by atoms with Gasteiger partial charge >= 0.3 is 12.3 Å². The largest absolute Gasteiger partial charge is 0.486 e. The van der Waals surface area contributed by atoms with Crippen molar-refractivity contribution in [2.75, 3.05) is 22.7 Å². The molecule has 0 radical (unpaired) electrons. The number of benzene rings is 2. The minimum Gasteiger partial charge on any atom is -0.486 e. The van der Waals surface area contributed by atoms with Crippen LogP contribution in [0.4, 0.5) is 29.3 Å². The maximum atomic E-state index is 13.6. The van der Waals surface area contributed by atoms with Crippen molar-refractivity contribution in [3.05, 3.63) is 48.0 Å². The highest BCUT2D eigenvalue weighted by atomic mass is 32.2. The molecule has 0 aromatic heterocycles. The summed E-state index contributed by atoms with van der Waals surface area (Å²) in [4.78, 5) is 22.9. The number of ether oxygens (including phenoxy) is 2. The van der Waals surface area contributed by atoms with Gasteiger partial charge in [-0.1, -0.05) is 6.07 Å². The van der Waals surface area contributed by atoms with Crippen LogP contribution in [0.3, 0.4) is 0 Å². The Morgan fingerprint density at radius 3 is 2.46 bits per heavy atom. The Morgan fingerprint density at radius 2 is 1.84 bits per heavy atom. The molecular formula is C24H28F3N3O6S. The van der Waals surface area contributed by atoms with E-state index in [1.807, 2.05) is 0 Å². The molecule has 0 aliphatic carbocycles. The average molecular weight is 544 g/mol. The van der Waals surface area contributed by atoms with Gasteiger partial charge in [0.2, 0.25) is 5.91 Å². The molecule has 0 bridgehead atoms. The third kappa shape index (κ3) is 7.28. The molecule has 1 aliphatic rings. The maximum absolute atomic E-state index is 13.6. The number of carbonyl (C=O) groups excluding carboxylic acids is 2. The van der Waals surface area contributed by atoms with Crippen molar-refractivity contribution in [2.45, 2.75) is 56.9 Å². The second-order valence-corrected chi connectivity index (χ2v) is 11.2. The van der Waals surface area contributed by atoms with E-state index in [-0.39, 0.29) is 42.5 Å². The fourth-order valence-electron chi connectivity index (χ4n) is 3.56. The van der Waals surface area contributed by atoms with Gasteiger partial charge in [-0.2, -0.15) is 13.2 Å². The summed E-state index contributed by atoms with van der Waals surface area (Å²) >= 11 is 0. The van der Waals surface area contributed by atoms with Crippen LogP contribution in [0.15, 0.2) is 47.4 Å². The number of anilines is 2.